The van der Waals surface area contributed by atoms with Gasteiger partial charge in [0, 0.05) is 12.7 Å². The van der Waals surface area contributed by atoms with Crippen molar-refractivity contribution in [1.82, 2.24) is 10.3 Å². The van der Waals surface area contributed by atoms with Crippen molar-refractivity contribution in [2.45, 2.75) is 13.2 Å². The average Bonchev–Trinajstić information content (AvgIpc) is 2.72. The lowest BCUT2D eigenvalue weighted by Crippen LogP contribution is -2.24. The molecule has 0 spiro atoms. The van der Waals surface area contributed by atoms with Crippen LogP contribution in [0.25, 0.3) is 0 Å². The molecule has 2 amide bonds. The number of hydrogen-bond donors (Lipinski definition) is 2. The molecule has 3 N–H and O–H groups in total. The van der Waals surface area contributed by atoms with Gasteiger partial charge in [-0.15, -0.1) is 0 Å². The molecule has 0 aliphatic carbocycles. The van der Waals surface area contributed by atoms with Crippen molar-refractivity contribution in [2.75, 3.05) is 0 Å². The maximum Gasteiger partial charge on any atom is 0.270 e. The highest BCUT2D eigenvalue weighted by atomic mass is 16.5. The second-order valence-corrected chi connectivity index (χ2v) is 5.90. The highest BCUT2D eigenvalue weighted by molar-refractivity contribution is 5.95. The number of carbonyl (C=O) groups is 2. The van der Waals surface area contributed by atoms with Crippen molar-refractivity contribution < 1.29 is 14.3 Å². The monoisotopic (exact) mass is 361 g/mol. The van der Waals surface area contributed by atoms with E-state index < -0.39 is 5.91 Å². The summed E-state index contributed by atoms with van der Waals surface area (Å²) in [4.78, 5) is 27.1. The fourth-order valence-corrected chi connectivity index (χ4v) is 2.39. The van der Waals surface area contributed by atoms with Gasteiger partial charge < -0.3 is 15.8 Å². The molecule has 6 nitrogen and oxygen atoms in total. The average molecular weight is 361 g/mol. The number of benzene rings is 2. The Morgan fingerprint density at radius 1 is 0.926 bits per heavy atom. The van der Waals surface area contributed by atoms with Gasteiger partial charge in [0.15, 0.2) is 0 Å². The van der Waals surface area contributed by atoms with Crippen LogP contribution in [0.2, 0.25) is 0 Å². The summed E-state index contributed by atoms with van der Waals surface area (Å²) in [5.41, 5.74) is 7.67. The van der Waals surface area contributed by atoms with Crippen LogP contribution in [0.15, 0.2) is 72.9 Å². The van der Waals surface area contributed by atoms with Gasteiger partial charge in [0.05, 0.1) is 5.56 Å². The molecular formula is C21H19N3O3. The van der Waals surface area contributed by atoms with E-state index in [4.69, 9.17) is 10.5 Å². The van der Waals surface area contributed by atoms with Crippen LogP contribution in [0.4, 0.5) is 0 Å². The Morgan fingerprint density at radius 2 is 1.67 bits per heavy atom. The van der Waals surface area contributed by atoms with E-state index in [1.54, 1.807) is 0 Å². The number of ether oxygens (including phenoxy) is 1. The summed E-state index contributed by atoms with van der Waals surface area (Å²) >= 11 is 0. The maximum atomic E-state index is 12.1. The molecule has 0 saturated carbocycles. The summed E-state index contributed by atoms with van der Waals surface area (Å²) in [5, 5.41) is 2.78. The minimum atomic E-state index is -0.580. The standard InChI is InChI=1S/C21H19N3O3/c22-20(25)17-8-11-19(23-13-17)21(26)24-12-15-6-9-18(10-7-15)27-14-16-4-2-1-3-5-16/h1-11,13H,12,14H2,(H2,22,25)(H,24,26). The molecule has 6 heteroatoms. The number of nitrogens with two attached hydrogens (primary N) is 1. The Balaban J connectivity index is 1.50. The van der Waals surface area contributed by atoms with Crippen molar-refractivity contribution in [2.24, 2.45) is 5.73 Å². The summed E-state index contributed by atoms with van der Waals surface area (Å²) in [6.45, 7) is 0.862. The SMILES string of the molecule is NC(=O)c1ccc(C(=O)NCc2ccc(OCc3ccccc3)cc2)nc1. The predicted octanol–water partition coefficient (Wildman–Crippen LogP) is 2.69. The number of pyridine rings is 1. The summed E-state index contributed by atoms with van der Waals surface area (Å²) in [6, 6.07) is 20.4. The summed E-state index contributed by atoms with van der Waals surface area (Å²) in [7, 11) is 0. The zero-order chi connectivity index (χ0) is 19.1. The summed E-state index contributed by atoms with van der Waals surface area (Å²) < 4.78 is 5.74. The molecular weight excluding hydrogens is 342 g/mol. The Morgan fingerprint density at radius 3 is 2.30 bits per heavy atom. The van der Waals surface area contributed by atoms with Gasteiger partial charge in [-0.3, -0.25) is 14.6 Å². The van der Waals surface area contributed by atoms with Crippen molar-refractivity contribution >= 4 is 11.8 Å². The molecule has 0 fully saturated rings. The third-order valence-electron chi connectivity index (χ3n) is 3.91. The molecule has 0 saturated heterocycles. The normalized spacial score (nSPS) is 10.2. The van der Waals surface area contributed by atoms with E-state index in [1.165, 1.54) is 18.3 Å². The third kappa shape index (κ3) is 5.15. The van der Waals surface area contributed by atoms with Crippen LogP contribution in [0, 0.1) is 0 Å². The molecule has 0 atom stereocenters. The predicted molar refractivity (Wildman–Crippen MR) is 101 cm³/mol. The van der Waals surface area contributed by atoms with Gasteiger partial charge in [0.25, 0.3) is 5.91 Å². The Labute approximate surface area is 157 Å². The molecule has 3 rings (SSSR count). The number of aromatic nitrogens is 1. The first-order chi connectivity index (χ1) is 13.1. The van der Waals surface area contributed by atoms with Crippen LogP contribution >= 0.6 is 0 Å². The van der Waals surface area contributed by atoms with E-state index >= 15 is 0 Å². The van der Waals surface area contributed by atoms with Crippen molar-refractivity contribution in [1.29, 1.82) is 0 Å². The smallest absolute Gasteiger partial charge is 0.270 e. The van der Waals surface area contributed by atoms with Gasteiger partial charge >= 0.3 is 0 Å². The van der Waals surface area contributed by atoms with Gasteiger partial charge in [0.1, 0.15) is 18.1 Å². The van der Waals surface area contributed by atoms with E-state index in [2.05, 4.69) is 10.3 Å². The van der Waals surface area contributed by atoms with Crippen LogP contribution < -0.4 is 15.8 Å². The second-order valence-electron chi connectivity index (χ2n) is 5.90. The minimum Gasteiger partial charge on any atom is -0.489 e. The highest BCUT2D eigenvalue weighted by Gasteiger charge is 2.08. The number of nitrogens with zero attached hydrogens (tertiary/aromatic N) is 1. The quantitative estimate of drug-likeness (QED) is 0.676. The number of amides is 2. The lowest BCUT2D eigenvalue weighted by atomic mass is 10.2. The Bertz CT molecular complexity index is 908. The van der Waals surface area contributed by atoms with E-state index in [0.717, 1.165) is 16.9 Å². The first-order valence-corrected chi connectivity index (χ1v) is 8.41. The number of hydrogen-bond acceptors (Lipinski definition) is 4. The number of carbonyl (C=O) groups excluding carboxylic acids is 2. The highest BCUT2D eigenvalue weighted by Crippen LogP contribution is 2.14. The van der Waals surface area contributed by atoms with E-state index in [-0.39, 0.29) is 17.2 Å². The molecule has 1 heterocycles. The largest absolute Gasteiger partial charge is 0.489 e. The van der Waals surface area contributed by atoms with Gasteiger partial charge in [0.2, 0.25) is 5.91 Å². The molecule has 0 aliphatic heterocycles. The van der Waals surface area contributed by atoms with Crippen LogP contribution in [0.1, 0.15) is 32.0 Å². The van der Waals surface area contributed by atoms with Crippen LogP contribution in [-0.4, -0.2) is 16.8 Å². The van der Waals surface area contributed by atoms with Crippen molar-refractivity contribution in [3.63, 3.8) is 0 Å². The Kier molecular flexibility index (Phi) is 5.79. The van der Waals surface area contributed by atoms with Gasteiger partial charge in [-0.1, -0.05) is 42.5 Å². The summed E-state index contributed by atoms with van der Waals surface area (Å²) in [5.74, 6) is -0.142. The summed E-state index contributed by atoms with van der Waals surface area (Å²) in [6.07, 6.45) is 1.29. The first-order valence-electron chi connectivity index (χ1n) is 8.41. The first kappa shape index (κ1) is 18.1. The molecule has 2 aromatic carbocycles. The van der Waals surface area contributed by atoms with Gasteiger partial charge in [-0.25, -0.2) is 0 Å². The van der Waals surface area contributed by atoms with Crippen molar-refractivity contribution in [3.8, 4) is 5.75 Å². The maximum absolute atomic E-state index is 12.1. The Hall–Kier alpha value is -3.67. The van der Waals surface area contributed by atoms with Gasteiger partial charge in [-0.2, -0.15) is 0 Å². The number of nitrogens with one attached hydrogen (secondary N) is 1. The zero-order valence-electron chi connectivity index (χ0n) is 14.6. The lowest BCUT2D eigenvalue weighted by Gasteiger charge is -2.08. The number of rotatable bonds is 7. The topological polar surface area (TPSA) is 94.3 Å². The van der Waals surface area contributed by atoms with Crippen LogP contribution in [-0.2, 0) is 13.2 Å². The molecule has 136 valence electrons. The molecule has 1 aromatic heterocycles. The fraction of sp³-hybridized carbons (Fsp3) is 0.0952. The molecule has 27 heavy (non-hydrogen) atoms. The van der Waals surface area contributed by atoms with Crippen LogP contribution in [0.5, 0.6) is 5.75 Å². The van der Waals surface area contributed by atoms with E-state index in [1.807, 2.05) is 54.6 Å². The minimum absolute atomic E-state index is 0.225. The van der Waals surface area contributed by atoms with E-state index in [9.17, 15) is 9.59 Å². The fourth-order valence-electron chi connectivity index (χ4n) is 2.39. The van der Waals surface area contributed by atoms with Crippen molar-refractivity contribution in [3.05, 3.63) is 95.3 Å². The molecule has 0 bridgehead atoms. The molecule has 0 radical (unpaired) electrons. The van der Waals surface area contributed by atoms with E-state index in [0.29, 0.717) is 13.2 Å². The molecule has 0 unspecified atom stereocenters. The second kappa shape index (κ2) is 8.62. The van der Waals surface area contributed by atoms with Crippen LogP contribution in [0.3, 0.4) is 0 Å². The number of primary amides is 1. The van der Waals surface area contributed by atoms with Gasteiger partial charge in [-0.05, 0) is 35.4 Å². The molecule has 0 aliphatic rings. The third-order valence-corrected chi connectivity index (χ3v) is 3.91. The lowest BCUT2D eigenvalue weighted by molar-refractivity contribution is 0.0943. The zero-order valence-corrected chi connectivity index (χ0v) is 14.6. The molecule has 3 aromatic rings.